The molecule has 2 aliphatic rings. The first kappa shape index (κ1) is 16.9. The number of carbonyl (C=O) groups is 1. The molecule has 1 unspecified atom stereocenters. The van der Waals surface area contributed by atoms with Crippen molar-refractivity contribution in [2.24, 2.45) is 0 Å². The monoisotopic (exact) mass is 383 g/mol. The number of epoxide rings is 1. The zero-order chi connectivity index (χ0) is 19.5. The van der Waals surface area contributed by atoms with Crippen molar-refractivity contribution in [3.8, 4) is 5.75 Å². The average molecular weight is 383 g/mol. The highest BCUT2D eigenvalue weighted by Crippen LogP contribution is 2.48. The first-order valence-electron chi connectivity index (χ1n) is 9.23. The number of fused-ring (bicyclic) bond motifs is 2. The molecule has 1 spiro atoms. The number of amides is 2. The minimum absolute atomic E-state index is 0. The summed E-state index contributed by atoms with van der Waals surface area (Å²) in [4.78, 5) is 14.4. The average Bonchev–Trinajstić information content (AvgIpc) is 3.30. The standard InChI is InChI=1S/C21H21N3O4.2H2/c1-12-15-6-4-5-7-17(15)27-19(12)13(2)22-20(25)23-14-8-9-16-18(10-14)28-21(11-26-21)24(16)3;;/h4-10,13H,11H2,1-3H3,(H2,22,23,25);2*1H/t13-,21?;;/m0../s1. The molecule has 5 rings (SSSR count). The zero-order valence-corrected chi connectivity index (χ0v) is 15.9. The smallest absolute Gasteiger partial charge is 0.319 e. The van der Waals surface area contributed by atoms with Crippen molar-refractivity contribution < 1.29 is 21.5 Å². The zero-order valence-electron chi connectivity index (χ0n) is 15.9. The molecule has 3 heterocycles. The number of nitrogens with one attached hydrogen (secondary N) is 2. The van der Waals surface area contributed by atoms with Crippen LogP contribution >= 0.6 is 0 Å². The van der Waals surface area contributed by atoms with Crippen LogP contribution in [0.2, 0.25) is 0 Å². The van der Waals surface area contributed by atoms with E-state index in [1.165, 1.54) is 0 Å². The number of hydrogen-bond acceptors (Lipinski definition) is 5. The lowest BCUT2D eigenvalue weighted by molar-refractivity contribution is 0.0832. The molecule has 2 aromatic carbocycles. The van der Waals surface area contributed by atoms with Gasteiger partial charge >= 0.3 is 11.9 Å². The third-order valence-corrected chi connectivity index (χ3v) is 5.37. The highest BCUT2D eigenvalue weighted by atomic mass is 16.8. The molecule has 148 valence electrons. The molecular formula is C21H25N3O4. The summed E-state index contributed by atoms with van der Waals surface area (Å²) in [6.07, 6.45) is 0. The Bertz CT molecular complexity index is 1100. The van der Waals surface area contributed by atoms with E-state index in [0.717, 1.165) is 28.0 Å². The van der Waals surface area contributed by atoms with Gasteiger partial charge in [-0.1, -0.05) is 18.2 Å². The maximum Gasteiger partial charge on any atom is 0.319 e. The van der Waals surface area contributed by atoms with Crippen LogP contribution in [-0.2, 0) is 4.74 Å². The topological polar surface area (TPSA) is 79.3 Å². The van der Waals surface area contributed by atoms with E-state index in [2.05, 4.69) is 10.6 Å². The third kappa shape index (κ3) is 2.58. The summed E-state index contributed by atoms with van der Waals surface area (Å²) in [7, 11) is 1.93. The number of aryl methyl sites for hydroxylation is 1. The van der Waals surface area contributed by atoms with Gasteiger partial charge in [0.1, 0.15) is 18.0 Å². The van der Waals surface area contributed by atoms with Gasteiger partial charge in [-0.3, -0.25) is 0 Å². The molecule has 2 amide bonds. The Morgan fingerprint density at radius 2 is 2.07 bits per heavy atom. The van der Waals surface area contributed by atoms with Crippen LogP contribution in [0.25, 0.3) is 11.0 Å². The molecule has 7 nitrogen and oxygen atoms in total. The molecular weight excluding hydrogens is 358 g/mol. The van der Waals surface area contributed by atoms with Crippen LogP contribution in [0.5, 0.6) is 5.75 Å². The molecule has 3 aromatic rings. The number of hydrogen-bond donors (Lipinski definition) is 2. The quantitative estimate of drug-likeness (QED) is 0.645. The highest BCUT2D eigenvalue weighted by Gasteiger charge is 2.57. The fraction of sp³-hybridized carbons (Fsp3) is 0.286. The van der Waals surface area contributed by atoms with Crippen molar-refractivity contribution in [3.63, 3.8) is 0 Å². The van der Waals surface area contributed by atoms with E-state index < -0.39 is 5.91 Å². The van der Waals surface area contributed by atoms with Crippen molar-refractivity contribution >= 4 is 28.4 Å². The Morgan fingerprint density at radius 3 is 2.82 bits per heavy atom. The van der Waals surface area contributed by atoms with Crippen molar-refractivity contribution in [1.29, 1.82) is 0 Å². The lowest BCUT2D eigenvalue weighted by Crippen LogP contribution is -2.34. The summed E-state index contributed by atoms with van der Waals surface area (Å²) in [5.74, 6) is 0.790. The summed E-state index contributed by atoms with van der Waals surface area (Å²) < 4.78 is 17.2. The van der Waals surface area contributed by atoms with E-state index in [-0.39, 0.29) is 14.9 Å². The second-order valence-corrected chi connectivity index (χ2v) is 7.25. The lowest BCUT2D eigenvalue weighted by Gasteiger charge is -2.15. The highest BCUT2D eigenvalue weighted by molar-refractivity contribution is 5.90. The number of likely N-dealkylation sites (N-methyl/N-ethyl adjacent to an activating group) is 1. The fourth-order valence-electron chi connectivity index (χ4n) is 3.72. The van der Waals surface area contributed by atoms with Crippen LogP contribution in [0.15, 0.2) is 46.9 Å². The minimum Gasteiger partial charge on any atom is -0.459 e. The maximum absolute atomic E-state index is 12.5. The lowest BCUT2D eigenvalue weighted by atomic mass is 10.1. The predicted octanol–water partition coefficient (Wildman–Crippen LogP) is 4.63. The van der Waals surface area contributed by atoms with Gasteiger partial charge in [-0.2, -0.15) is 0 Å². The maximum atomic E-state index is 12.5. The van der Waals surface area contributed by atoms with Crippen LogP contribution in [0.1, 0.15) is 27.1 Å². The summed E-state index contributed by atoms with van der Waals surface area (Å²) in [6.45, 7) is 4.44. The molecule has 28 heavy (non-hydrogen) atoms. The second kappa shape index (κ2) is 5.90. The normalized spacial score (nSPS) is 20.8. The third-order valence-electron chi connectivity index (χ3n) is 5.37. The van der Waals surface area contributed by atoms with Crippen molar-refractivity contribution in [2.75, 3.05) is 23.9 Å². The SMILES string of the molecule is Cc1c([C@H](C)NC(=O)Nc2ccc3c(c2)OC2(CO2)N3C)oc2ccccc12.[HH].[HH]. The molecule has 0 aliphatic carbocycles. The molecule has 2 N–H and O–H groups in total. The number of furan rings is 1. The van der Waals surface area contributed by atoms with Gasteiger partial charge in [0.05, 0.1) is 11.7 Å². The van der Waals surface area contributed by atoms with Crippen molar-refractivity contribution in [2.45, 2.75) is 25.8 Å². The van der Waals surface area contributed by atoms with Gasteiger partial charge in [-0.15, -0.1) is 0 Å². The molecule has 2 aliphatic heterocycles. The largest absolute Gasteiger partial charge is 0.459 e. The number of anilines is 2. The second-order valence-electron chi connectivity index (χ2n) is 7.25. The summed E-state index contributed by atoms with van der Waals surface area (Å²) >= 11 is 0. The molecule has 1 fully saturated rings. The Kier molecular flexibility index (Phi) is 3.57. The molecule has 0 saturated carbocycles. The number of benzene rings is 2. The van der Waals surface area contributed by atoms with Crippen LogP contribution in [0.3, 0.4) is 0 Å². The van der Waals surface area contributed by atoms with E-state index in [0.29, 0.717) is 18.0 Å². The van der Waals surface area contributed by atoms with Crippen LogP contribution in [0.4, 0.5) is 16.2 Å². The fourth-order valence-corrected chi connectivity index (χ4v) is 3.72. The first-order chi connectivity index (χ1) is 13.5. The number of ether oxygens (including phenoxy) is 2. The van der Waals surface area contributed by atoms with Gasteiger partial charge in [-0.05, 0) is 32.0 Å². The van der Waals surface area contributed by atoms with Crippen LogP contribution < -0.4 is 20.3 Å². The van der Waals surface area contributed by atoms with Crippen LogP contribution in [0, 0.1) is 6.92 Å². The van der Waals surface area contributed by atoms with Gasteiger partial charge in [0.25, 0.3) is 0 Å². The number of urea groups is 1. The van der Waals surface area contributed by atoms with Crippen molar-refractivity contribution in [3.05, 3.63) is 53.8 Å². The Labute approximate surface area is 165 Å². The van der Waals surface area contributed by atoms with Crippen LogP contribution in [-0.4, -0.2) is 25.6 Å². The molecule has 0 radical (unpaired) electrons. The van der Waals surface area contributed by atoms with E-state index in [9.17, 15) is 4.79 Å². The number of rotatable bonds is 3. The Morgan fingerprint density at radius 1 is 1.29 bits per heavy atom. The van der Waals surface area contributed by atoms with E-state index >= 15 is 0 Å². The predicted molar refractivity (Wildman–Crippen MR) is 110 cm³/mol. The number of nitrogens with zero attached hydrogens (tertiary/aromatic N) is 1. The van der Waals surface area contributed by atoms with Gasteiger partial charge < -0.3 is 29.4 Å². The van der Waals surface area contributed by atoms with Gasteiger partial charge in [0.15, 0.2) is 5.75 Å². The molecule has 0 bridgehead atoms. The van der Waals surface area contributed by atoms with Gasteiger partial charge in [0.2, 0.25) is 0 Å². The molecule has 1 saturated heterocycles. The number of carbonyl (C=O) groups excluding carboxylic acids is 1. The molecule has 7 heteroatoms. The Hall–Kier alpha value is -3.19. The Balaban J connectivity index is 0.00000128. The van der Waals surface area contributed by atoms with Gasteiger partial charge in [-0.25, -0.2) is 4.79 Å². The summed E-state index contributed by atoms with van der Waals surface area (Å²) in [6, 6.07) is 12.8. The minimum atomic E-state index is -0.656. The first-order valence-corrected chi connectivity index (χ1v) is 9.23. The van der Waals surface area contributed by atoms with Crippen molar-refractivity contribution in [1.82, 2.24) is 5.32 Å². The van der Waals surface area contributed by atoms with E-state index in [1.54, 1.807) is 6.07 Å². The molecule has 1 aromatic heterocycles. The number of para-hydroxylation sites is 1. The summed E-state index contributed by atoms with van der Waals surface area (Å²) in [5, 5.41) is 6.85. The van der Waals surface area contributed by atoms with E-state index in [4.69, 9.17) is 13.9 Å². The van der Waals surface area contributed by atoms with Gasteiger partial charge in [0, 0.05) is 32.6 Å². The molecule has 2 atom stereocenters. The van der Waals surface area contributed by atoms with E-state index in [1.807, 2.05) is 62.2 Å². The summed E-state index contributed by atoms with van der Waals surface area (Å²) in [5.41, 5.74) is 3.44.